The van der Waals surface area contributed by atoms with Gasteiger partial charge < -0.3 is 19.5 Å². The van der Waals surface area contributed by atoms with Crippen molar-refractivity contribution in [3.05, 3.63) is 58.1 Å². The molecule has 0 fully saturated rings. The largest absolute Gasteiger partial charge is 0.496 e. The van der Waals surface area contributed by atoms with E-state index in [1.807, 2.05) is 37.9 Å². The first-order valence-corrected chi connectivity index (χ1v) is 9.62. The number of anilines is 1. The van der Waals surface area contributed by atoms with Gasteiger partial charge in [-0.05, 0) is 55.8 Å². The monoisotopic (exact) mass is 428 g/mol. The summed E-state index contributed by atoms with van der Waals surface area (Å²) in [4.78, 5) is 38.2. The van der Waals surface area contributed by atoms with Crippen LogP contribution in [0.15, 0.2) is 30.3 Å². The molecular weight excluding hydrogens is 400 g/mol. The van der Waals surface area contributed by atoms with Gasteiger partial charge in [-0.2, -0.15) is 0 Å². The molecule has 0 saturated carbocycles. The molecule has 0 atom stereocenters. The van der Waals surface area contributed by atoms with Crippen LogP contribution in [0.2, 0.25) is 0 Å². The zero-order valence-corrected chi connectivity index (χ0v) is 18.7. The van der Waals surface area contributed by atoms with Crippen LogP contribution in [0.3, 0.4) is 0 Å². The Morgan fingerprint density at radius 1 is 0.871 bits per heavy atom. The summed E-state index contributed by atoms with van der Waals surface area (Å²) in [6.07, 6.45) is 0. The van der Waals surface area contributed by atoms with E-state index in [9.17, 15) is 14.4 Å². The molecule has 0 saturated heterocycles. The summed E-state index contributed by atoms with van der Waals surface area (Å²) in [5, 5.41) is 2.72. The molecule has 2 aromatic rings. The summed E-state index contributed by atoms with van der Waals surface area (Å²) in [7, 11) is 5.96. The molecule has 0 heterocycles. The molecule has 0 bridgehead atoms. The van der Waals surface area contributed by atoms with E-state index in [-0.39, 0.29) is 23.6 Å². The lowest BCUT2D eigenvalue weighted by molar-refractivity contribution is -0.117. The first-order valence-electron chi connectivity index (χ1n) is 9.62. The smallest absolute Gasteiger partial charge is 0.337 e. The van der Waals surface area contributed by atoms with Crippen molar-refractivity contribution in [1.82, 2.24) is 4.90 Å². The predicted molar refractivity (Wildman–Crippen MR) is 117 cm³/mol. The van der Waals surface area contributed by atoms with Gasteiger partial charge >= 0.3 is 11.9 Å². The zero-order valence-electron chi connectivity index (χ0n) is 18.7. The number of carbonyl (C=O) groups is 3. The second-order valence-corrected chi connectivity index (χ2v) is 7.27. The van der Waals surface area contributed by atoms with E-state index in [0.717, 1.165) is 22.4 Å². The quantitative estimate of drug-likeness (QED) is 0.646. The second-order valence-electron chi connectivity index (χ2n) is 7.27. The third-order valence-corrected chi connectivity index (χ3v) is 4.65. The van der Waals surface area contributed by atoms with Gasteiger partial charge in [-0.3, -0.25) is 9.69 Å². The average Bonchev–Trinajstić information content (AvgIpc) is 2.71. The zero-order chi connectivity index (χ0) is 23.1. The SMILES string of the molecule is COC(=O)c1cc(NC(=O)CN(C)Cc2cc(C)c(OC)c(C)c2)cc(C(=O)OC)c1. The molecule has 0 unspecified atom stereocenters. The lowest BCUT2D eigenvalue weighted by Gasteiger charge is -2.18. The lowest BCUT2D eigenvalue weighted by Crippen LogP contribution is -2.30. The number of likely N-dealkylation sites (N-methyl/N-ethyl adjacent to an activating group) is 1. The van der Waals surface area contributed by atoms with Gasteiger partial charge in [0.15, 0.2) is 0 Å². The molecule has 31 heavy (non-hydrogen) atoms. The number of nitrogens with one attached hydrogen (secondary N) is 1. The number of benzene rings is 2. The third kappa shape index (κ3) is 6.29. The lowest BCUT2D eigenvalue weighted by atomic mass is 10.1. The highest BCUT2D eigenvalue weighted by Gasteiger charge is 2.16. The summed E-state index contributed by atoms with van der Waals surface area (Å²) in [6, 6.07) is 8.32. The van der Waals surface area contributed by atoms with Gasteiger partial charge in [0.2, 0.25) is 5.91 Å². The summed E-state index contributed by atoms with van der Waals surface area (Å²) in [6.45, 7) is 4.64. The fraction of sp³-hybridized carbons (Fsp3) is 0.348. The van der Waals surface area contributed by atoms with E-state index < -0.39 is 11.9 Å². The molecule has 1 N–H and O–H groups in total. The number of nitrogens with zero attached hydrogens (tertiary/aromatic N) is 1. The second kappa shape index (κ2) is 10.6. The minimum Gasteiger partial charge on any atom is -0.496 e. The Bertz CT molecular complexity index is 929. The fourth-order valence-electron chi connectivity index (χ4n) is 3.44. The van der Waals surface area contributed by atoms with Gasteiger partial charge in [-0.1, -0.05) is 12.1 Å². The molecule has 8 heteroatoms. The molecule has 0 aliphatic rings. The van der Waals surface area contributed by atoms with Gasteiger partial charge in [0.05, 0.1) is 39.0 Å². The Kier molecular flexibility index (Phi) is 8.15. The minimum atomic E-state index is -0.622. The molecule has 0 aliphatic carbocycles. The van der Waals surface area contributed by atoms with Gasteiger partial charge in [-0.25, -0.2) is 9.59 Å². The Labute approximate surface area is 182 Å². The minimum absolute atomic E-state index is 0.111. The van der Waals surface area contributed by atoms with E-state index in [1.165, 1.54) is 32.4 Å². The Balaban J connectivity index is 2.11. The molecule has 0 aliphatic heterocycles. The predicted octanol–water partition coefficient (Wildman–Crippen LogP) is 2.96. The van der Waals surface area contributed by atoms with Crippen molar-refractivity contribution in [2.45, 2.75) is 20.4 Å². The van der Waals surface area contributed by atoms with Crippen LogP contribution in [0.1, 0.15) is 37.4 Å². The fourth-order valence-corrected chi connectivity index (χ4v) is 3.44. The van der Waals surface area contributed by atoms with Crippen molar-refractivity contribution in [2.75, 3.05) is 40.2 Å². The van der Waals surface area contributed by atoms with Crippen molar-refractivity contribution >= 4 is 23.5 Å². The van der Waals surface area contributed by atoms with E-state index in [1.54, 1.807) is 7.11 Å². The van der Waals surface area contributed by atoms with E-state index >= 15 is 0 Å². The third-order valence-electron chi connectivity index (χ3n) is 4.65. The van der Waals surface area contributed by atoms with Crippen LogP contribution in [0.25, 0.3) is 0 Å². The van der Waals surface area contributed by atoms with Gasteiger partial charge in [0.25, 0.3) is 0 Å². The van der Waals surface area contributed by atoms with E-state index in [2.05, 4.69) is 5.32 Å². The average molecular weight is 428 g/mol. The first-order chi connectivity index (χ1) is 14.7. The highest BCUT2D eigenvalue weighted by atomic mass is 16.5. The first kappa shape index (κ1) is 23.9. The summed E-state index contributed by atoms with van der Waals surface area (Å²) in [5.74, 6) is -0.675. The van der Waals surface area contributed by atoms with Crippen LogP contribution in [0.5, 0.6) is 5.75 Å². The van der Waals surface area contributed by atoms with Crippen LogP contribution in [-0.2, 0) is 20.8 Å². The van der Waals surface area contributed by atoms with Gasteiger partial charge in [-0.15, -0.1) is 0 Å². The van der Waals surface area contributed by atoms with Crippen LogP contribution >= 0.6 is 0 Å². The van der Waals surface area contributed by atoms with Crippen molar-refractivity contribution in [3.8, 4) is 5.75 Å². The van der Waals surface area contributed by atoms with Gasteiger partial charge in [0, 0.05) is 12.2 Å². The Hall–Kier alpha value is -3.39. The summed E-state index contributed by atoms with van der Waals surface area (Å²) in [5.41, 5.74) is 3.71. The maximum Gasteiger partial charge on any atom is 0.337 e. The van der Waals surface area contributed by atoms with Crippen LogP contribution in [-0.4, -0.2) is 57.7 Å². The number of rotatable bonds is 8. The number of amides is 1. The molecule has 8 nitrogen and oxygen atoms in total. The number of esters is 2. The van der Waals surface area contributed by atoms with Crippen molar-refractivity contribution in [2.24, 2.45) is 0 Å². The van der Waals surface area contributed by atoms with Gasteiger partial charge in [0.1, 0.15) is 5.75 Å². The topological polar surface area (TPSA) is 94.2 Å². The highest BCUT2D eigenvalue weighted by Crippen LogP contribution is 2.25. The van der Waals surface area contributed by atoms with Crippen LogP contribution < -0.4 is 10.1 Å². The number of methoxy groups -OCH3 is 3. The standard InChI is InChI=1S/C23H28N2O6/c1-14-7-16(8-15(2)21(14)29-4)12-25(3)13-20(26)24-19-10-17(22(27)30-5)9-18(11-19)23(28)31-6/h7-11H,12-13H2,1-6H3,(H,24,26). The molecule has 0 spiro atoms. The summed E-state index contributed by atoms with van der Waals surface area (Å²) >= 11 is 0. The molecule has 2 rings (SSSR count). The van der Waals surface area contributed by atoms with Crippen LogP contribution in [0, 0.1) is 13.8 Å². The van der Waals surface area contributed by atoms with E-state index in [0.29, 0.717) is 12.2 Å². The Morgan fingerprint density at radius 3 is 1.84 bits per heavy atom. The normalized spacial score (nSPS) is 10.5. The Morgan fingerprint density at radius 2 is 1.39 bits per heavy atom. The van der Waals surface area contributed by atoms with Crippen molar-refractivity contribution in [1.29, 1.82) is 0 Å². The van der Waals surface area contributed by atoms with E-state index in [4.69, 9.17) is 14.2 Å². The molecule has 0 aromatic heterocycles. The molecule has 1 amide bonds. The molecule has 166 valence electrons. The maximum absolute atomic E-state index is 12.5. The maximum atomic E-state index is 12.5. The molecular formula is C23H28N2O6. The van der Waals surface area contributed by atoms with Crippen molar-refractivity contribution < 1.29 is 28.6 Å². The van der Waals surface area contributed by atoms with Crippen molar-refractivity contribution in [3.63, 3.8) is 0 Å². The number of hydrogen-bond acceptors (Lipinski definition) is 7. The summed E-state index contributed by atoms with van der Waals surface area (Å²) < 4.78 is 14.8. The number of aryl methyl sites for hydroxylation is 2. The molecule has 0 radical (unpaired) electrons. The highest BCUT2D eigenvalue weighted by molar-refractivity contribution is 5.99. The van der Waals surface area contributed by atoms with Crippen LogP contribution in [0.4, 0.5) is 5.69 Å². The molecule has 2 aromatic carbocycles. The number of hydrogen-bond donors (Lipinski definition) is 1. The number of carbonyl (C=O) groups excluding carboxylic acids is 3. The number of ether oxygens (including phenoxy) is 3.